The third-order valence-electron chi connectivity index (χ3n) is 0.970. The largest absolute Gasteiger partial charge is 0.369 e. The molecule has 0 saturated heterocycles. The van der Waals surface area contributed by atoms with E-state index in [1.165, 1.54) is 0 Å². The molecule has 3 nitrogen and oxygen atoms in total. The van der Waals surface area contributed by atoms with Gasteiger partial charge in [0.2, 0.25) is 0 Å². The summed E-state index contributed by atoms with van der Waals surface area (Å²) in [6.45, 7) is 4.61. The van der Waals surface area contributed by atoms with E-state index in [1.807, 2.05) is 38.0 Å². The third-order valence-corrected chi connectivity index (χ3v) is 0.970. The number of nitrogens with zero attached hydrogens (tertiary/aromatic N) is 3. The first kappa shape index (κ1) is 10.2. The fraction of sp³-hybridized carbons (Fsp3) is 0.625. The van der Waals surface area contributed by atoms with E-state index in [0.717, 1.165) is 12.2 Å². The molecule has 0 aromatic rings. The van der Waals surface area contributed by atoms with Crippen LogP contribution in [0.3, 0.4) is 0 Å². The number of aliphatic imine (C=N–C) groups is 1. The molecule has 0 spiro atoms. The van der Waals surface area contributed by atoms with Crippen LogP contribution >= 0.6 is 0 Å². The highest BCUT2D eigenvalue weighted by Gasteiger charge is 1.91. The first-order chi connectivity index (χ1) is 5.02. The second kappa shape index (κ2) is 4.91. The Hall–Kier alpha value is -0.830. The van der Waals surface area contributed by atoms with Crippen LogP contribution in [0.25, 0.3) is 0 Å². The van der Waals surface area contributed by atoms with Crippen molar-refractivity contribution >= 4 is 6.34 Å². The van der Waals surface area contributed by atoms with Crippen LogP contribution in [0.4, 0.5) is 0 Å². The van der Waals surface area contributed by atoms with Crippen LogP contribution in [0.1, 0.15) is 0 Å². The van der Waals surface area contributed by atoms with Gasteiger partial charge < -0.3 is 9.80 Å². The predicted octanol–water partition coefficient (Wildman–Crippen LogP) is 0.652. The van der Waals surface area contributed by atoms with E-state index in [-0.39, 0.29) is 0 Å². The summed E-state index contributed by atoms with van der Waals surface area (Å²) in [6.07, 6.45) is 1.76. The van der Waals surface area contributed by atoms with Crippen LogP contribution < -0.4 is 0 Å². The second-order valence-electron chi connectivity index (χ2n) is 3.01. The molecule has 0 rings (SSSR count). The molecule has 0 fully saturated rings. The zero-order chi connectivity index (χ0) is 8.85. The highest BCUT2D eigenvalue weighted by Crippen LogP contribution is 1.92. The lowest BCUT2D eigenvalue weighted by Crippen LogP contribution is -2.15. The Kier molecular flexibility index (Phi) is 4.54. The SMILES string of the molecule is C=C(CN(C)C)N=CN(C)C. The normalized spacial score (nSPS) is 11.0. The van der Waals surface area contributed by atoms with Crippen LogP contribution in [0.15, 0.2) is 17.3 Å². The van der Waals surface area contributed by atoms with Gasteiger partial charge in [-0.1, -0.05) is 6.58 Å². The van der Waals surface area contributed by atoms with Crippen LogP contribution in [0, 0.1) is 0 Å². The standard InChI is InChI=1S/C8H17N3/c1-8(6-10(2)3)9-7-11(4)5/h7H,1,6H2,2-5H3. The van der Waals surface area contributed by atoms with E-state index in [4.69, 9.17) is 0 Å². The number of rotatable bonds is 4. The van der Waals surface area contributed by atoms with Gasteiger partial charge in [-0.3, -0.25) is 0 Å². The van der Waals surface area contributed by atoms with E-state index in [1.54, 1.807) is 6.34 Å². The van der Waals surface area contributed by atoms with Crippen LogP contribution in [0.2, 0.25) is 0 Å². The summed E-state index contributed by atoms with van der Waals surface area (Å²) in [6, 6.07) is 0. The Bertz CT molecular complexity index is 147. The van der Waals surface area contributed by atoms with Gasteiger partial charge in [0.25, 0.3) is 0 Å². The van der Waals surface area contributed by atoms with E-state index in [0.29, 0.717) is 0 Å². The summed E-state index contributed by atoms with van der Waals surface area (Å²) < 4.78 is 0. The minimum Gasteiger partial charge on any atom is -0.369 e. The van der Waals surface area contributed by atoms with Crippen molar-refractivity contribution in [3.8, 4) is 0 Å². The molecule has 0 aromatic carbocycles. The molecule has 3 heteroatoms. The van der Waals surface area contributed by atoms with Crippen molar-refractivity contribution in [2.45, 2.75) is 0 Å². The number of hydrogen-bond donors (Lipinski definition) is 0. The van der Waals surface area contributed by atoms with Gasteiger partial charge in [-0.15, -0.1) is 0 Å². The van der Waals surface area contributed by atoms with Crippen molar-refractivity contribution in [2.75, 3.05) is 34.7 Å². The van der Waals surface area contributed by atoms with Gasteiger partial charge in [-0.2, -0.15) is 0 Å². The van der Waals surface area contributed by atoms with E-state index < -0.39 is 0 Å². The minimum absolute atomic E-state index is 0.810. The summed E-state index contributed by atoms with van der Waals surface area (Å²) >= 11 is 0. The van der Waals surface area contributed by atoms with E-state index in [2.05, 4.69) is 11.6 Å². The van der Waals surface area contributed by atoms with Crippen molar-refractivity contribution < 1.29 is 0 Å². The lowest BCUT2D eigenvalue weighted by molar-refractivity contribution is 0.444. The molecule has 11 heavy (non-hydrogen) atoms. The highest BCUT2D eigenvalue weighted by atomic mass is 15.1. The quantitative estimate of drug-likeness (QED) is 0.438. The summed E-state index contributed by atoms with van der Waals surface area (Å²) in [5, 5.41) is 0. The van der Waals surface area contributed by atoms with Crippen LogP contribution in [-0.4, -0.2) is 50.9 Å². The van der Waals surface area contributed by atoms with Crippen molar-refractivity contribution in [1.29, 1.82) is 0 Å². The van der Waals surface area contributed by atoms with Crippen molar-refractivity contribution in [3.05, 3.63) is 12.3 Å². The molecule has 64 valence electrons. The van der Waals surface area contributed by atoms with Gasteiger partial charge in [-0.05, 0) is 14.1 Å². The maximum Gasteiger partial charge on any atom is 0.0903 e. The summed E-state index contributed by atoms with van der Waals surface area (Å²) in [5.74, 6) is 0. The van der Waals surface area contributed by atoms with Crippen molar-refractivity contribution in [2.24, 2.45) is 4.99 Å². The molecular weight excluding hydrogens is 138 g/mol. The van der Waals surface area contributed by atoms with Gasteiger partial charge in [0.15, 0.2) is 0 Å². The molecule has 0 atom stereocenters. The Morgan fingerprint density at radius 2 is 1.91 bits per heavy atom. The second-order valence-corrected chi connectivity index (χ2v) is 3.01. The predicted molar refractivity (Wildman–Crippen MR) is 49.9 cm³/mol. The van der Waals surface area contributed by atoms with Gasteiger partial charge >= 0.3 is 0 Å². The smallest absolute Gasteiger partial charge is 0.0903 e. The average molecular weight is 155 g/mol. The summed E-state index contributed by atoms with van der Waals surface area (Å²) in [4.78, 5) is 8.06. The Labute approximate surface area is 69.0 Å². The highest BCUT2D eigenvalue weighted by molar-refractivity contribution is 5.55. The molecule has 0 heterocycles. The molecule has 0 aliphatic carbocycles. The number of likely N-dealkylation sites (N-methyl/N-ethyl adjacent to an activating group) is 1. The van der Waals surface area contributed by atoms with E-state index >= 15 is 0 Å². The zero-order valence-corrected chi connectivity index (χ0v) is 7.83. The Morgan fingerprint density at radius 3 is 2.27 bits per heavy atom. The molecule has 0 N–H and O–H groups in total. The molecule has 0 unspecified atom stereocenters. The Morgan fingerprint density at radius 1 is 1.36 bits per heavy atom. The fourth-order valence-corrected chi connectivity index (χ4v) is 0.603. The lowest BCUT2D eigenvalue weighted by Gasteiger charge is -2.09. The van der Waals surface area contributed by atoms with Crippen LogP contribution in [-0.2, 0) is 0 Å². The molecule has 0 aliphatic rings. The fourth-order valence-electron chi connectivity index (χ4n) is 0.603. The molecular formula is C8H17N3. The van der Waals surface area contributed by atoms with Gasteiger partial charge in [-0.25, -0.2) is 4.99 Å². The molecule has 0 radical (unpaired) electrons. The topological polar surface area (TPSA) is 18.8 Å². The monoisotopic (exact) mass is 155 g/mol. The third kappa shape index (κ3) is 7.06. The van der Waals surface area contributed by atoms with Crippen molar-refractivity contribution in [1.82, 2.24) is 9.80 Å². The average Bonchev–Trinajstić information content (AvgIpc) is 1.82. The molecule has 0 aromatic heterocycles. The number of hydrogen-bond acceptors (Lipinski definition) is 2. The maximum atomic E-state index is 4.13. The lowest BCUT2D eigenvalue weighted by atomic mass is 10.5. The Balaban J connectivity index is 3.69. The van der Waals surface area contributed by atoms with Gasteiger partial charge in [0.05, 0.1) is 6.34 Å². The van der Waals surface area contributed by atoms with Gasteiger partial charge in [0, 0.05) is 26.3 Å². The molecule has 0 aliphatic heterocycles. The van der Waals surface area contributed by atoms with E-state index in [9.17, 15) is 0 Å². The first-order valence-corrected chi connectivity index (χ1v) is 3.55. The molecule has 0 amide bonds. The molecule has 0 saturated carbocycles. The van der Waals surface area contributed by atoms with Crippen molar-refractivity contribution in [3.63, 3.8) is 0 Å². The first-order valence-electron chi connectivity index (χ1n) is 3.55. The molecule has 0 bridgehead atoms. The van der Waals surface area contributed by atoms with Crippen LogP contribution in [0.5, 0.6) is 0 Å². The minimum atomic E-state index is 0.810. The maximum absolute atomic E-state index is 4.13. The van der Waals surface area contributed by atoms with Gasteiger partial charge in [0.1, 0.15) is 0 Å². The zero-order valence-electron chi connectivity index (χ0n) is 7.83. The summed E-state index contributed by atoms with van der Waals surface area (Å²) in [5.41, 5.74) is 0.878. The summed E-state index contributed by atoms with van der Waals surface area (Å²) in [7, 11) is 7.87.